The SMILES string of the molecule is C=C(Cl)COc1ccc2c(c1)CCCC2NC. The maximum atomic E-state index is 5.69. The van der Waals surface area contributed by atoms with Crippen LogP contribution in [-0.2, 0) is 6.42 Å². The fraction of sp³-hybridized carbons (Fsp3) is 0.429. The molecule has 1 aliphatic rings. The third-order valence-electron chi connectivity index (χ3n) is 3.17. The molecular formula is C14H18ClNO. The van der Waals surface area contributed by atoms with Crippen molar-refractivity contribution < 1.29 is 4.74 Å². The highest BCUT2D eigenvalue weighted by Gasteiger charge is 2.18. The number of benzene rings is 1. The Hall–Kier alpha value is -0.990. The predicted octanol–water partition coefficient (Wildman–Crippen LogP) is 3.41. The van der Waals surface area contributed by atoms with Crippen molar-refractivity contribution in [2.45, 2.75) is 25.3 Å². The van der Waals surface area contributed by atoms with Crippen LogP contribution in [0, 0.1) is 0 Å². The molecule has 0 aromatic heterocycles. The number of fused-ring (bicyclic) bond motifs is 1. The fourth-order valence-corrected chi connectivity index (χ4v) is 2.40. The van der Waals surface area contributed by atoms with Crippen molar-refractivity contribution in [2.24, 2.45) is 0 Å². The number of nitrogens with one attached hydrogen (secondary N) is 1. The van der Waals surface area contributed by atoms with E-state index in [1.54, 1.807) is 0 Å². The normalized spacial score (nSPS) is 18.6. The number of hydrogen-bond acceptors (Lipinski definition) is 2. The standard InChI is InChI=1S/C14H18ClNO/c1-10(15)9-17-12-6-7-13-11(8-12)4-3-5-14(13)16-2/h6-8,14,16H,1,3-5,9H2,2H3. The number of ether oxygens (including phenoxy) is 1. The summed E-state index contributed by atoms with van der Waals surface area (Å²) in [6.45, 7) is 3.98. The van der Waals surface area contributed by atoms with Gasteiger partial charge in [-0.05, 0) is 49.6 Å². The Morgan fingerprint density at radius 1 is 1.59 bits per heavy atom. The van der Waals surface area contributed by atoms with E-state index in [0.29, 0.717) is 17.7 Å². The average molecular weight is 252 g/mol. The molecule has 0 saturated heterocycles. The first-order valence-corrected chi connectivity index (χ1v) is 6.34. The van der Waals surface area contributed by atoms with E-state index in [9.17, 15) is 0 Å². The molecule has 2 rings (SSSR count). The van der Waals surface area contributed by atoms with Crippen LogP contribution >= 0.6 is 11.6 Å². The third kappa shape index (κ3) is 3.02. The van der Waals surface area contributed by atoms with Crippen LogP contribution in [0.25, 0.3) is 0 Å². The topological polar surface area (TPSA) is 21.3 Å². The van der Waals surface area contributed by atoms with Gasteiger partial charge in [0.2, 0.25) is 0 Å². The van der Waals surface area contributed by atoms with Crippen LogP contribution in [-0.4, -0.2) is 13.7 Å². The van der Waals surface area contributed by atoms with E-state index in [-0.39, 0.29) is 0 Å². The number of aryl methyl sites for hydroxylation is 1. The summed E-state index contributed by atoms with van der Waals surface area (Å²) in [6.07, 6.45) is 3.57. The molecule has 1 aromatic carbocycles. The van der Waals surface area contributed by atoms with E-state index >= 15 is 0 Å². The van der Waals surface area contributed by atoms with Gasteiger partial charge in [0.05, 0.1) is 0 Å². The van der Waals surface area contributed by atoms with Gasteiger partial charge in [-0.1, -0.05) is 24.2 Å². The molecule has 0 radical (unpaired) electrons. The smallest absolute Gasteiger partial charge is 0.123 e. The summed E-state index contributed by atoms with van der Waals surface area (Å²) in [6, 6.07) is 6.77. The summed E-state index contributed by atoms with van der Waals surface area (Å²) in [7, 11) is 2.02. The number of rotatable bonds is 4. The van der Waals surface area contributed by atoms with E-state index in [1.807, 2.05) is 13.1 Å². The van der Waals surface area contributed by atoms with E-state index in [4.69, 9.17) is 16.3 Å². The van der Waals surface area contributed by atoms with Crippen LogP contribution in [0.4, 0.5) is 0 Å². The van der Waals surface area contributed by atoms with Crippen molar-refractivity contribution in [3.63, 3.8) is 0 Å². The average Bonchev–Trinajstić information content (AvgIpc) is 2.35. The molecule has 1 atom stereocenters. The van der Waals surface area contributed by atoms with E-state index in [2.05, 4.69) is 24.0 Å². The van der Waals surface area contributed by atoms with Gasteiger partial charge in [0.25, 0.3) is 0 Å². The van der Waals surface area contributed by atoms with E-state index in [1.165, 1.54) is 24.0 Å². The molecule has 17 heavy (non-hydrogen) atoms. The molecule has 1 N–H and O–H groups in total. The molecular weight excluding hydrogens is 234 g/mol. The zero-order valence-corrected chi connectivity index (χ0v) is 10.9. The number of hydrogen-bond donors (Lipinski definition) is 1. The summed E-state index contributed by atoms with van der Waals surface area (Å²) in [4.78, 5) is 0. The quantitative estimate of drug-likeness (QED) is 0.886. The van der Waals surface area contributed by atoms with Crippen molar-refractivity contribution in [1.82, 2.24) is 5.32 Å². The van der Waals surface area contributed by atoms with Gasteiger partial charge in [0.15, 0.2) is 0 Å². The predicted molar refractivity (Wildman–Crippen MR) is 71.7 cm³/mol. The van der Waals surface area contributed by atoms with Crippen LogP contribution < -0.4 is 10.1 Å². The van der Waals surface area contributed by atoms with Crippen molar-refractivity contribution in [3.8, 4) is 5.75 Å². The molecule has 0 amide bonds. The second-order valence-electron chi connectivity index (χ2n) is 4.40. The van der Waals surface area contributed by atoms with Crippen LogP contribution in [0.5, 0.6) is 5.75 Å². The molecule has 3 heteroatoms. The van der Waals surface area contributed by atoms with Crippen LogP contribution in [0.15, 0.2) is 29.8 Å². The maximum Gasteiger partial charge on any atom is 0.123 e. The summed E-state index contributed by atoms with van der Waals surface area (Å²) < 4.78 is 5.55. The first-order chi connectivity index (χ1) is 8.20. The van der Waals surface area contributed by atoms with Crippen molar-refractivity contribution in [3.05, 3.63) is 40.9 Å². The Morgan fingerprint density at radius 3 is 3.12 bits per heavy atom. The molecule has 1 aromatic rings. The lowest BCUT2D eigenvalue weighted by atomic mass is 9.87. The van der Waals surface area contributed by atoms with Gasteiger partial charge in [0, 0.05) is 11.1 Å². The van der Waals surface area contributed by atoms with Crippen LogP contribution in [0.1, 0.15) is 30.0 Å². The summed E-state index contributed by atoms with van der Waals surface area (Å²) in [5, 5.41) is 3.88. The molecule has 0 aliphatic heterocycles. The molecule has 0 spiro atoms. The molecule has 0 saturated carbocycles. The minimum Gasteiger partial charge on any atom is -0.488 e. The first-order valence-electron chi connectivity index (χ1n) is 5.97. The van der Waals surface area contributed by atoms with Crippen LogP contribution in [0.2, 0.25) is 0 Å². The first kappa shape index (κ1) is 12.5. The van der Waals surface area contributed by atoms with Crippen molar-refractivity contribution in [2.75, 3.05) is 13.7 Å². The minimum absolute atomic E-state index is 0.371. The lowest BCUT2D eigenvalue weighted by Crippen LogP contribution is -2.21. The molecule has 0 bridgehead atoms. The summed E-state index contributed by atoms with van der Waals surface area (Å²) in [5.41, 5.74) is 2.78. The summed E-state index contributed by atoms with van der Waals surface area (Å²) in [5.74, 6) is 0.877. The van der Waals surface area contributed by atoms with Gasteiger partial charge in [-0.3, -0.25) is 0 Å². The Kier molecular flexibility index (Phi) is 4.08. The van der Waals surface area contributed by atoms with Crippen molar-refractivity contribution >= 4 is 11.6 Å². The van der Waals surface area contributed by atoms with Gasteiger partial charge >= 0.3 is 0 Å². The molecule has 92 valence electrons. The Labute approximate surface area is 108 Å². The lowest BCUT2D eigenvalue weighted by molar-refractivity contribution is 0.358. The fourth-order valence-electron chi connectivity index (χ4n) is 2.34. The Bertz CT molecular complexity index is 417. The highest BCUT2D eigenvalue weighted by atomic mass is 35.5. The third-order valence-corrected chi connectivity index (χ3v) is 3.28. The van der Waals surface area contributed by atoms with E-state index < -0.39 is 0 Å². The monoisotopic (exact) mass is 251 g/mol. The molecule has 1 unspecified atom stereocenters. The molecule has 0 heterocycles. The van der Waals surface area contributed by atoms with Gasteiger partial charge in [0.1, 0.15) is 12.4 Å². The zero-order chi connectivity index (χ0) is 12.3. The van der Waals surface area contributed by atoms with Gasteiger partial charge in [-0.15, -0.1) is 0 Å². The van der Waals surface area contributed by atoms with Crippen molar-refractivity contribution in [1.29, 1.82) is 0 Å². The van der Waals surface area contributed by atoms with E-state index in [0.717, 1.165) is 12.2 Å². The Balaban J connectivity index is 2.16. The Morgan fingerprint density at radius 2 is 2.41 bits per heavy atom. The van der Waals surface area contributed by atoms with Gasteiger partial charge in [-0.2, -0.15) is 0 Å². The largest absolute Gasteiger partial charge is 0.488 e. The van der Waals surface area contributed by atoms with Gasteiger partial charge < -0.3 is 10.1 Å². The van der Waals surface area contributed by atoms with Gasteiger partial charge in [-0.25, -0.2) is 0 Å². The highest BCUT2D eigenvalue weighted by molar-refractivity contribution is 6.29. The highest BCUT2D eigenvalue weighted by Crippen LogP contribution is 2.31. The number of halogens is 1. The maximum absolute atomic E-state index is 5.69. The van der Waals surface area contributed by atoms with Crippen LogP contribution in [0.3, 0.4) is 0 Å². The lowest BCUT2D eigenvalue weighted by Gasteiger charge is -2.25. The summed E-state index contributed by atoms with van der Waals surface area (Å²) >= 11 is 5.69. The minimum atomic E-state index is 0.371. The molecule has 1 aliphatic carbocycles. The zero-order valence-electron chi connectivity index (χ0n) is 10.1. The second-order valence-corrected chi connectivity index (χ2v) is 4.93. The molecule has 2 nitrogen and oxygen atoms in total. The second kappa shape index (κ2) is 5.56. The molecule has 0 fully saturated rings.